The Morgan fingerprint density at radius 1 is 0.460 bits per heavy atom. The molecule has 10 rings (SSSR count). The summed E-state index contributed by atoms with van der Waals surface area (Å²) < 4.78 is 306. The second-order valence-electron chi connectivity index (χ2n) is 10.8. The zero-order chi connectivity index (χ0) is 61.8. The van der Waals surface area contributed by atoms with Gasteiger partial charge in [0.15, 0.2) is 5.58 Å². The lowest BCUT2D eigenvalue weighted by Crippen LogP contribution is -2.22. The molecule has 1 aromatic heterocycles. The van der Waals surface area contributed by atoms with Crippen LogP contribution in [0.2, 0.25) is 0 Å². The maximum absolute atomic E-state index is 9.69. The van der Waals surface area contributed by atoms with Gasteiger partial charge in [-0.3, -0.25) is 0 Å². The molecule has 0 radical (unpaired) electrons. The molecule has 0 atom stereocenters. The van der Waals surface area contributed by atoms with Gasteiger partial charge in [-0.25, -0.2) is 0 Å². The minimum atomic E-state index is -3.93. The van der Waals surface area contributed by atoms with Gasteiger partial charge in [-0.05, 0) is 69.8 Å². The SMILES string of the molecule is [2H]c1c([2H])c([2H])c(-c2c([2H])c([2H])c(N(c3c([2H])c([2H])c([2H])c4c3oc3c(C5(C([2H])([2H])[2H])c6c([2H])c([2H])c([2H])c([2H])c6-c6c([2H])c([2H])c([2H])c([2H])c65)c([2H])c([2H])c([2H])c34)c3c([2H])c([2H])c([2H])c4c([2H])c([2H])c([2H])c([2H])c34)c([2H])c2[2H])c([2H])c1[2H]. The Hall–Kier alpha value is -6.38. The van der Waals surface area contributed by atoms with Crippen molar-refractivity contribution in [2.24, 2.45) is 0 Å². The molecule has 50 heavy (non-hydrogen) atoms. The normalized spacial score (nSPS) is 22.6. The van der Waals surface area contributed by atoms with E-state index in [4.69, 9.17) is 26.3 Å². The minimum absolute atomic E-state index is 0.360. The van der Waals surface area contributed by atoms with Gasteiger partial charge in [-0.15, -0.1) is 0 Å². The summed E-state index contributed by atoms with van der Waals surface area (Å²) in [5.41, 5.74) is -15.8. The highest BCUT2D eigenvalue weighted by Crippen LogP contribution is 2.54. The fourth-order valence-corrected chi connectivity index (χ4v) is 6.01. The number of rotatable bonds is 5. The third-order valence-electron chi connectivity index (χ3n) is 8.17. The van der Waals surface area contributed by atoms with Crippen LogP contribution in [-0.4, -0.2) is 0 Å². The van der Waals surface area contributed by atoms with Gasteiger partial charge in [0, 0.05) is 36.9 Å². The first-order chi connectivity index (χ1) is 38.4. The van der Waals surface area contributed by atoms with Crippen molar-refractivity contribution in [1.29, 1.82) is 0 Å². The highest BCUT2D eigenvalue weighted by Gasteiger charge is 2.42. The summed E-state index contributed by atoms with van der Waals surface area (Å²) in [6, 6.07) is -33.6. The molecule has 0 aliphatic heterocycles. The van der Waals surface area contributed by atoms with Crippen molar-refractivity contribution in [1.82, 2.24) is 0 Å². The van der Waals surface area contributed by atoms with E-state index in [1.165, 1.54) is 0 Å². The number of fused-ring (bicyclic) bond motifs is 7. The van der Waals surface area contributed by atoms with Crippen LogP contribution in [0, 0.1) is 0 Å². The molecule has 0 spiro atoms. The van der Waals surface area contributed by atoms with Crippen LogP contribution in [0.15, 0.2) is 186 Å². The van der Waals surface area contributed by atoms with E-state index in [0.717, 1.165) is 0 Å². The quantitative estimate of drug-likeness (QED) is 0.181. The Balaban J connectivity index is 1.51. The molecule has 0 amide bonds. The number of hydrogen-bond acceptors (Lipinski definition) is 2. The standard InChI is InChI=1S/C48H33NO/c1-48(41-23-9-7-19-37(41)38-20-8-10-24-42(38)48)43-25-12-21-39-40-22-13-27-45(47(40)50-46(39)43)49(44-26-11-17-34-16-5-6-18-36(34)44)35-30-28-33(29-31-35)32-14-3-2-4-15-32/h2-31H,1H3/i1D3,2D,3D,4D,5D,6D,7D,8D,9D,10D,11D,12D,13D,14D,15D,16D,17D,18D,19D,20D,21D,22D,23D,24D,25D,26D,27D,28D,29D,30D,31D. The molecule has 0 bridgehead atoms. The predicted octanol–water partition coefficient (Wildman–Crippen LogP) is 13.2. The zero-order valence-corrected chi connectivity index (χ0v) is 24.9. The molecule has 0 saturated heterocycles. The van der Waals surface area contributed by atoms with Crippen LogP contribution >= 0.6 is 0 Å². The summed E-state index contributed by atoms with van der Waals surface area (Å²) in [6.07, 6.45) is 0. The summed E-state index contributed by atoms with van der Waals surface area (Å²) >= 11 is 0. The number of anilines is 3. The van der Waals surface area contributed by atoms with E-state index >= 15 is 0 Å². The molecule has 2 heteroatoms. The van der Waals surface area contributed by atoms with Crippen molar-refractivity contribution >= 4 is 49.8 Å². The molecule has 1 aliphatic rings. The van der Waals surface area contributed by atoms with Gasteiger partial charge >= 0.3 is 0 Å². The van der Waals surface area contributed by atoms with E-state index in [1.54, 1.807) is 0 Å². The first kappa shape index (κ1) is 10.8. The molecule has 236 valence electrons. The van der Waals surface area contributed by atoms with Crippen LogP contribution in [0.1, 0.15) is 68.8 Å². The number of benzene rings is 8. The van der Waals surface area contributed by atoms with Gasteiger partial charge in [-0.2, -0.15) is 0 Å². The largest absolute Gasteiger partial charge is 0.454 e. The van der Waals surface area contributed by atoms with E-state index < -0.39 is 282 Å². The van der Waals surface area contributed by atoms with Crippen molar-refractivity contribution in [3.05, 3.63) is 198 Å². The minimum Gasteiger partial charge on any atom is -0.454 e. The van der Waals surface area contributed by atoms with Crippen molar-refractivity contribution in [3.63, 3.8) is 0 Å². The van der Waals surface area contributed by atoms with Crippen LogP contribution in [-0.2, 0) is 5.41 Å². The number of hydrogen-bond donors (Lipinski definition) is 0. The van der Waals surface area contributed by atoms with Crippen LogP contribution in [0.25, 0.3) is 55.0 Å². The molecule has 1 aliphatic carbocycles. The predicted molar refractivity (Wildman–Crippen MR) is 209 cm³/mol. The maximum atomic E-state index is 9.69. The van der Waals surface area contributed by atoms with Crippen molar-refractivity contribution in [3.8, 4) is 22.3 Å². The van der Waals surface area contributed by atoms with Crippen molar-refractivity contribution < 1.29 is 49.7 Å². The monoisotopic (exact) mass is 672 g/mol. The summed E-state index contributed by atoms with van der Waals surface area (Å²) in [6.45, 7) is -3.93. The maximum Gasteiger partial charge on any atom is 0.159 e. The number of nitrogens with zero attached hydrogens (tertiary/aromatic N) is 1. The summed E-state index contributed by atoms with van der Waals surface area (Å²) in [4.78, 5) is 0.360. The Morgan fingerprint density at radius 3 is 1.76 bits per heavy atom. The van der Waals surface area contributed by atoms with Gasteiger partial charge in [0.05, 0.1) is 52.5 Å². The highest BCUT2D eigenvalue weighted by atomic mass is 16.3. The smallest absolute Gasteiger partial charge is 0.159 e. The van der Waals surface area contributed by atoms with Crippen LogP contribution in [0.4, 0.5) is 17.1 Å². The fraction of sp³-hybridized carbons (Fsp3) is 0.0417. The summed E-state index contributed by atoms with van der Waals surface area (Å²) in [5, 5.41) is -3.56. The second-order valence-corrected chi connectivity index (χ2v) is 10.8. The van der Waals surface area contributed by atoms with E-state index in [2.05, 4.69) is 0 Å². The molecule has 2 nitrogen and oxygen atoms in total. The van der Waals surface area contributed by atoms with E-state index in [0.29, 0.717) is 4.90 Å². The molecular weight excluding hydrogens is 607 g/mol. The molecule has 0 N–H and O–H groups in total. The van der Waals surface area contributed by atoms with E-state index in [9.17, 15) is 23.3 Å². The second kappa shape index (κ2) is 11.1. The molecule has 0 unspecified atom stereocenters. The topological polar surface area (TPSA) is 16.4 Å². The number of furan rings is 1. The Labute approximate surface area is 337 Å². The van der Waals surface area contributed by atoms with Crippen LogP contribution in [0.3, 0.4) is 0 Å². The summed E-state index contributed by atoms with van der Waals surface area (Å²) in [5.74, 6) is 0. The fourth-order valence-electron chi connectivity index (χ4n) is 6.01. The lowest BCUT2D eigenvalue weighted by Gasteiger charge is -2.28. The molecule has 0 saturated carbocycles. The van der Waals surface area contributed by atoms with Crippen molar-refractivity contribution in [2.45, 2.75) is 12.3 Å². The molecule has 1 heterocycles. The molecule has 9 aromatic rings. The first-order valence-corrected chi connectivity index (χ1v) is 14.6. The van der Waals surface area contributed by atoms with E-state index in [-0.39, 0.29) is 0 Å². The third-order valence-corrected chi connectivity index (χ3v) is 8.17. The Morgan fingerprint density at radius 2 is 1.00 bits per heavy atom. The third kappa shape index (κ3) is 4.15. The van der Waals surface area contributed by atoms with Gasteiger partial charge in [0.25, 0.3) is 0 Å². The van der Waals surface area contributed by atoms with E-state index in [1.807, 2.05) is 0 Å². The Kier molecular flexibility index (Phi) is 2.40. The van der Waals surface area contributed by atoms with Gasteiger partial charge in [-0.1, -0.05) is 157 Å². The lowest BCUT2D eigenvalue weighted by molar-refractivity contribution is 0.638. The highest BCUT2D eigenvalue weighted by molar-refractivity contribution is 6.12. The molecule has 0 fully saturated rings. The Bertz CT molecular complexity index is 4420. The molecular formula is C48H33NO. The van der Waals surface area contributed by atoms with Crippen LogP contribution in [0.5, 0.6) is 0 Å². The molecule has 8 aromatic carbocycles. The first-order valence-electron chi connectivity index (χ1n) is 31.1. The van der Waals surface area contributed by atoms with Gasteiger partial charge in [0.2, 0.25) is 0 Å². The van der Waals surface area contributed by atoms with Crippen LogP contribution < -0.4 is 4.90 Å². The summed E-state index contributed by atoms with van der Waals surface area (Å²) in [7, 11) is 0. The average molecular weight is 673 g/mol. The zero-order valence-electron chi connectivity index (χ0n) is 57.9. The lowest BCUT2D eigenvalue weighted by atomic mass is 9.74. The average Bonchev–Trinajstić information content (AvgIpc) is 1.55. The number of para-hydroxylation sites is 2. The van der Waals surface area contributed by atoms with Crippen molar-refractivity contribution in [2.75, 3.05) is 4.90 Å². The van der Waals surface area contributed by atoms with Gasteiger partial charge in [0.1, 0.15) is 5.58 Å². The van der Waals surface area contributed by atoms with Gasteiger partial charge < -0.3 is 9.32 Å².